The maximum atomic E-state index is 13.3. The number of nitrogens with one attached hydrogen (secondary N) is 2. The van der Waals surface area contributed by atoms with E-state index in [4.69, 9.17) is 5.73 Å². The molecular formula is C23H24F2N8O4. The lowest BCUT2D eigenvalue weighted by Gasteiger charge is -2.40. The number of piperidine rings is 1. The Kier molecular flexibility index (Phi) is 6.01. The Balaban J connectivity index is 1.33. The van der Waals surface area contributed by atoms with Crippen molar-refractivity contribution < 1.29 is 27.8 Å². The first-order valence-corrected chi connectivity index (χ1v) is 11.5. The summed E-state index contributed by atoms with van der Waals surface area (Å²) in [6.07, 6.45) is 2.43. The fourth-order valence-corrected chi connectivity index (χ4v) is 4.41. The highest BCUT2D eigenvalue weighted by molar-refractivity contribution is 5.96. The van der Waals surface area contributed by atoms with Crippen molar-refractivity contribution in [1.29, 1.82) is 0 Å². The van der Waals surface area contributed by atoms with Crippen molar-refractivity contribution in [2.45, 2.75) is 38.1 Å². The summed E-state index contributed by atoms with van der Waals surface area (Å²) in [5.41, 5.74) is 6.24. The van der Waals surface area contributed by atoms with E-state index >= 15 is 0 Å². The zero-order valence-electron chi connectivity index (χ0n) is 19.9. The van der Waals surface area contributed by atoms with Crippen LogP contribution in [-0.4, -0.2) is 56.5 Å². The molecule has 0 spiro atoms. The van der Waals surface area contributed by atoms with Gasteiger partial charge in [-0.05, 0) is 38.0 Å². The molecule has 0 aliphatic carbocycles. The fourth-order valence-electron chi connectivity index (χ4n) is 4.41. The number of nitrogens with zero attached hydrogens (tertiary/aromatic N) is 5. The zero-order valence-corrected chi connectivity index (χ0v) is 19.9. The third kappa shape index (κ3) is 4.94. The summed E-state index contributed by atoms with van der Waals surface area (Å²) in [7, 11) is 1.75. The molecule has 2 aromatic heterocycles. The van der Waals surface area contributed by atoms with E-state index in [2.05, 4.69) is 35.2 Å². The van der Waals surface area contributed by atoms with Crippen LogP contribution in [0.3, 0.4) is 0 Å². The number of carbonyl (C=O) groups is 2. The van der Waals surface area contributed by atoms with E-state index in [1.54, 1.807) is 24.1 Å². The van der Waals surface area contributed by atoms with Gasteiger partial charge in [0, 0.05) is 37.4 Å². The van der Waals surface area contributed by atoms with Crippen molar-refractivity contribution in [1.82, 2.24) is 25.1 Å². The smallest absolute Gasteiger partial charge is 0.395 e. The van der Waals surface area contributed by atoms with Crippen molar-refractivity contribution in [3.05, 3.63) is 48.0 Å². The number of aromatic nitrogens is 4. The summed E-state index contributed by atoms with van der Waals surface area (Å²) in [6.45, 7) is 2.58. The second-order valence-corrected chi connectivity index (χ2v) is 8.80. The number of nitrogens with two attached hydrogens (primary N) is 1. The van der Waals surface area contributed by atoms with Crippen molar-refractivity contribution in [3.8, 4) is 11.5 Å². The predicted octanol–water partition coefficient (Wildman–Crippen LogP) is 2.16. The maximum Gasteiger partial charge on any atom is 0.586 e. The van der Waals surface area contributed by atoms with E-state index in [-0.39, 0.29) is 40.7 Å². The SMILES string of the molecule is C[C@@H]1[C@H](NC(=O)c2ccc3c(c2)OC(F)(F)O3)CCCN1c1cnc(C(N)=O)c(Nc2cnn(C)c2)n1. The van der Waals surface area contributed by atoms with Crippen LogP contribution in [0.5, 0.6) is 11.5 Å². The first-order valence-electron chi connectivity index (χ1n) is 11.5. The minimum Gasteiger partial charge on any atom is -0.395 e. The van der Waals surface area contributed by atoms with E-state index in [9.17, 15) is 18.4 Å². The molecule has 1 aromatic carbocycles. The lowest BCUT2D eigenvalue weighted by molar-refractivity contribution is -0.286. The Labute approximate surface area is 209 Å². The number of rotatable bonds is 6. The number of halogens is 2. The van der Waals surface area contributed by atoms with E-state index in [0.717, 1.165) is 6.42 Å². The molecule has 0 radical (unpaired) electrons. The Morgan fingerprint density at radius 3 is 2.73 bits per heavy atom. The molecule has 0 unspecified atom stereocenters. The van der Waals surface area contributed by atoms with E-state index < -0.39 is 18.1 Å². The number of alkyl halides is 2. The first-order chi connectivity index (χ1) is 17.6. The van der Waals surface area contributed by atoms with Gasteiger partial charge >= 0.3 is 6.29 Å². The van der Waals surface area contributed by atoms with Crippen LogP contribution >= 0.6 is 0 Å². The largest absolute Gasteiger partial charge is 0.586 e. The monoisotopic (exact) mass is 514 g/mol. The quantitative estimate of drug-likeness (QED) is 0.450. The summed E-state index contributed by atoms with van der Waals surface area (Å²) in [4.78, 5) is 35.7. The molecule has 1 fully saturated rings. The molecule has 2 amide bonds. The molecule has 3 aromatic rings. The number of hydrogen-bond donors (Lipinski definition) is 3. The summed E-state index contributed by atoms with van der Waals surface area (Å²) in [6, 6.07) is 3.42. The molecule has 14 heteroatoms. The van der Waals surface area contributed by atoms with Gasteiger partial charge in [0.15, 0.2) is 23.0 Å². The predicted molar refractivity (Wildman–Crippen MR) is 127 cm³/mol. The summed E-state index contributed by atoms with van der Waals surface area (Å²) in [5, 5.41) is 10.1. The average Bonchev–Trinajstić information content (AvgIpc) is 3.39. The lowest BCUT2D eigenvalue weighted by Crippen LogP contribution is -2.54. The van der Waals surface area contributed by atoms with Crippen molar-refractivity contribution in [2.75, 3.05) is 16.8 Å². The Morgan fingerprint density at radius 2 is 2.00 bits per heavy atom. The second kappa shape index (κ2) is 9.19. The third-order valence-corrected chi connectivity index (χ3v) is 6.22. The number of amides is 2. The van der Waals surface area contributed by atoms with Crippen LogP contribution in [0, 0.1) is 0 Å². The maximum absolute atomic E-state index is 13.3. The van der Waals surface area contributed by atoms with Crippen LogP contribution in [0.1, 0.15) is 40.6 Å². The van der Waals surface area contributed by atoms with Crippen LogP contribution in [-0.2, 0) is 7.05 Å². The van der Waals surface area contributed by atoms with E-state index in [1.807, 2.05) is 11.8 Å². The van der Waals surface area contributed by atoms with Crippen LogP contribution in [0.2, 0.25) is 0 Å². The summed E-state index contributed by atoms with van der Waals surface area (Å²) >= 11 is 0. The molecule has 1 saturated heterocycles. The standard InChI is InChI=1S/C23H24F2N8O4/c1-12-15(30-22(35)13-5-6-16-17(8-13)37-23(24,25)36-16)4-3-7-33(12)18-10-27-19(20(26)34)21(31-18)29-14-9-28-32(2)11-14/h5-6,8-12,15H,3-4,7H2,1-2H3,(H2,26,34)(H,29,31)(H,30,35)/t12-,15-/m1/s1. The molecule has 12 nitrogen and oxygen atoms in total. The molecule has 4 heterocycles. The van der Waals surface area contributed by atoms with Crippen LogP contribution in [0.15, 0.2) is 36.8 Å². The van der Waals surface area contributed by atoms with Gasteiger partial charge in [-0.1, -0.05) is 0 Å². The topological polar surface area (TPSA) is 150 Å². The molecular weight excluding hydrogens is 490 g/mol. The molecule has 4 N–H and O–H groups in total. The fraction of sp³-hybridized carbons (Fsp3) is 0.348. The minimum atomic E-state index is -3.76. The number of benzene rings is 1. The minimum absolute atomic E-state index is 0.0181. The van der Waals surface area contributed by atoms with Gasteiger partial charge in [0.2, 0.25) is 0 Å². The second-order valence-electron chi connectivity index (χ2n) is 8.80. The number of hydrogen-bond acceptors (Lipinski definition) is 9. The van der Waals surface area contributed by atoms with Crippen LogP contribution in [0.25, 0.3) is 0 Å². The normalized spacial score (nSPS) is 19.9. The number of fused-ring (bicyclic) bond motifs is 1. The van der Waals surface area contributed by atoms with Crippen molar-refractivity contribution >= 4 is 29.1 Å². The first kappa shape index (κ1) is 24.2. The number of primary amides is 1. The highest BCUT2D eigenvalue weighted by Gasteiger charge is 2.43. The summed E-state index contributed by atoms with van der Waals surface area (Å²) in [5.74, 6) is -0.818. The average molecular weight is 514 g/mol. The Bertz CT molecular complexity index is 1360. The number of anilines is 3. The Hall–Kier alpha value is -4.49. The highest BCUT2D eigenvalue weighted by atomic mass is 19.3. The number of aryl methyl sites for hydroxylation is 1. The van der Waals surface area contributed by atoms with Gasteiger partial charge < -0.3 is 30.7 Å². The van der Waals surface area contributed by atoms with E-state index in [1.165, 1.54) is 24.4 Å². The Morgan fingerprint density at radius 1 is 1.22 bits per heavy atom. The third-order valence-electron chi connectivity index (χ3n) is 6.22. The molecule has 37 heavy (non-hydrogen) atoms. The van der Waals surface area contributed by atoms with Crippen LogP contribution < -0.4 is 30.7 Å². The number of ether oxygens (including phenoxy) is 2. The highest BCUT2D eigenvalue weighted by Crippen LogP contribution is 2.41. The zero-order chi connectivity index (χ0) is 26.3. The van der Waals surface area contributed by atoms with Gasteiger partial charge in [0.05, 0.1) is 18.1 Å². The van der Waals surface area contributed by atoms with Crippen molar-refractivity contribution in [3.63, 3.8) is 0 Å². The van der Waals surface area contributed by atoms with Gasteiger partial charge in [-0.3, -0.25) is 14.3 Å². The molecule has 5 rings (SSSR count). The van der Waals surface area contributed by atoms with Gasteiger partial charge in [0.25, 0.3) is 11.8 Å². The van der Waals surface area contributed by atoms with Gasteiger partial charge in [-0.15, -0.1) is 8.78 Å². The van der Waals surface area contributed by atoms with Gasteiger partial charge in [-0.25, -0.2) is 9.97 Å². The lowest BCUT2D eigenvalue weighted by atomic mass is 9.97. The molecule has 194 valence electrons. The van der Waals surface area contributed by atoms with Gasteiger partial charge in [-0.2, -0.15) is 5.10 Å². The number of carbonyl (C=O) groups excluding carboxylic acids is 2. The van der Waals surface area contributed by atoms with Crippen molar-refractivity contribution in [2.24, 2.45) is 12.8 Å². The molecule has 0 saturated carbocycles. The molecule has 0 bridgehead atoms. The molecule has 2 atom stereocenters. The van der Waals surface area contributed by atoms with Crippen LogP contribution in [0.4, 0.5) is 26.1 Å². The molecule has 2 aliphatic heterocycles. The molecule has 2 aliphatic rings. The van der Waals surface area contributed by atoms with Gasteiger partial charge in [0.1, 0.15) is 5.82 Å². The summed E-state index contributed by atoms with van der Waals surface area (Å²) < 4.78 is 37.1. The van der Waals surface area contributed by atoms with E-state index in [0.29, 0.717) is 24.5 Å².